The number of aliphatic hydroxyl groups excluding tert-OH is 1. The molecule has 1 rings (SSSR count). The van der Waals surface area contributed by atoms with Crippen molar-refractivity contribution in [2.24, 2.45) is 11.7 Å². The molecule has 88 valence electrons. The third-order valence-electron chi connectivity index (χ3n) is 2.85. The number of hydrogen-bond acceptors (Lipinski definition) is 2. The molecular formula is C13H19NO2. The van der Waals surface area contributed by atoms with E-state index in [2.05, 4.69) is 6.07 Å². The van der Waals surface area contributed by atoms with Crippen molar-refractivity contribution >= 4 is 5.91 Å². The highest BCUT2D eigenvalue weighted by molar-refractivity contribution is 5.77. The van der Waals surface area contributed by atoms with Crippen LogP contribution in [0.5, 0.6) is 0 Å². The van der Waals surface area contributed by atoms with Crippen LogP contribution in [0.25, 0.3) is 0 Å². The number of carbonyl (C=O) groups excluding carboxylic acids is 1. The molecule has 0 fully saturated rings. The Bertz CT molecular complexity index is 374. The van der Waals surface area contributed by atoms with Crippen LogP contribution in [0.3, 0.4) is 0 Å². The minimum atomic E-state index is -0.338. The van der Waals surface area contributed by atoms with Gasteiger partial charge in [0.1, 0.15) is 0 Å². The third kappa shape index (κ3) is 3.35. The molecule has 0 bridgehead atoms. The fourth-order valence-electron chi connectivity index (χ4n) is 1.79. The number of primary amides is 1. The summed E-state index contributed by atoms with van der Waals surface area (Å²) in [7, 11) is 0. The van der Waals surface area contributed by atoms with E-state index in [9.17, 15) is 4.79 Å². The number of hydrogen-bond donors (Lipinski definition) is 2. The Balaban J connectivity index is 2.84. The zero-order valence-corrected chi connectivity index (χ0v) is 9.86. The Morgan fingerprint density at radius 3 is 2.69 bits per heavy atom. The predicted molar refractivity (Wildman–Crippen MR) is 64.0 cm³/mol. The van der Waals surface area contributed by atoms with Gasteiger partial charge in [-0.15, -0.1) is 0 Å². The summed E-state index contributed by atoms with van der Waals surface area (Å²) in [6.07, 6.45) is 1.05. The summed E-state index contributed by atoms with van der Waals surface area (Å²) in [5.41, 5.74) is 8.78. The first-order valence-corrected chi connectivity index (χ1v) is 5.51. The van der Waals surface area contributed by atoms with E-state index in [4.69, 9.17) is 10.8 Å². The Labute approximate surface area is 96.3 Å². The highest BCUT2D eigenvalue weighted by atomic mass is 16.3. The molecule has 0 saturated heterocycles. The summed E-state index contributed by atoms with van der Waals surface area (Å²) < 4.78 is 0. The molecule has 3 heteroatoms. The summed E-state index contributed by atoms with van der Waals surface area (Å²) >= 11 is 0. The first kappa shape index (κ1) is 12.7. The summed E-state index contributed by atoms with van der Waals surface area (Å²) in [5.74, 6) is -0.611. The third-order valence-corrected chi connectivity index (χ3v) is 2.85. The van der Waals surface area contributed by atoms with Crippen molar-refractivity contribution in [3.05, 3.63) is 34.9 Å². The van der Waals surface area contributed by atoms with Gasteiger partial charge in [0.25, 0.3) is 0 Å². The molecular weight excluding hydrogens is 202 g/mol. The number of benzene rings is 1. The van der Waals surface area contributed by atoms with Gasteiger partial charge in [-0.25, -0.2) is 0 Å². The number of rotatable bonds is 5. The SMILES string of the molecule is Cc1ccc(C)c(CC(CCO)C(N)=O)c1. The van der Waals surface area contributed by atoms with Crippen molar-refractivity contribution in [1.29, 1.82) is 0 Å². The van der Waals surface area contributed by atoms with Crippen molar-refractivity contribution < 1.29 is 9.90 Å². The van der Waals surface area contributed by atoms with E-state index in [1.165, 1.54) is 5.56 Å². The molecule has 0 aliphatic rings. The fraction of sp³-hybridized carbons (Fsp3) is 0.462. The molecule has 1 unspecified atom stereocenters. The lowest BCUT2D eigenvalue weighted by atomic mass is 9.92. The largest absolute Gasteiger partial charge is 0.396 e. The number of amides is 1. The second kappa shape index (κ2) is 5.66. The lowest BCUT2D eigenvalue weighted by Crippen LogP contribution is -2.26. The zero-order valence-electron chi connectivity index (χ0n) is 9.86. The monoisotopic (exact) mass is 221 g/mol. The van der Waals surface area contributed by atoms with E-state index in [0.717, 1.165) is 11.1 Å². The summed E-state index contributed by atoms with van der Waals surface area (Å²) in [6, 6.07) is 6.16. The van der Waals surface area contributed by atoms with Crippen molar-refractivity contribution in [2.75, 3.05) is 6.61 Å². The van der Waals surface area contributed by atoms with E-state index in [-0.39, 0.29) is 18.4 Å². The number of nitrogens with two attached hydrogens (primary N) is 1. The number of aryl methyl sites for hydroxylation is 2. The van der Waals surface area contributed by atoms with Crippen LogP contribution in [0, 0.1) is 19.8 Å². The maximum absolute atomic E-state index is 11.2. The topological polar surface area (TPSA) is 63.3 Å². The molecule has 0 heterocycles. The van der Waals surface area contributed by atoms with Gasteiger partial charge in [0.15, 0.2) is 0 Å². The minimum Gasteiger partial charge on any atom is -0.396 e. The molecule has 3 N–H and O–H groups in total. The molecule has 1 atom stereocenters. The van der Waals surface area contributed by atoms with Gasteiger partial charge in [-0.05, 0) is 37.8 Å². The first-order chi connectivity index (χ1) is 7.54. The van der Waals surface area contributed by atoms with E-state index in [1.54, 1.807) is 0 Å². The van der Waals surface area contributed by atoms with Gasteiger partial charge in [-0.3, -0.25) is 4.79 Å². The molecule has 0 aliphatic carbocycles. The fourth-order valence-corrected chi connectivity index (χ4v) is 1.79. The molecule has 0 aromatic heterocycles. The van der Waals surface area contributed by atoms with Gasteiger partial charge >= 0.3 is 0 Å². The van der Waals surface area contributed by atoms with Crippen LogP contribution in [0.2, 0.25) is 0 Å². The van der Waals surface area contributed by atoms with Gasteiger partial charge in [-0.1, -0.05) is 23.8 Å². The van der Waals surface area contributed by atoms with E-state index in [0.29, 0.717) is 12.8 Å². The van der Waals surface area contributed by atoms with Crippen molar-refractivity contribution in [1.82, 2.24) is 0 Å². The molecule has 1 aromatic carbocycles. The van der Waals surface area contributed by atoms with Gasteiger partial charge in [0, 0.05) is 12.5 Å². The Hall–Kier alpha value is -1.35. The Morgan fingerprint density at radius 2 is 2.12 bits per heavy atom. The molecule has 0 aliphatic heterocycles. The predicted octanol–water partition coefficient (Wildman–Crippen LogP) is 1.33. The minimum absolute atomic E-state index is 0.00152. The highest BCUT2D eigenvalue weighted by Gasteiger charge is 2.16. The molecule has 16 heavy (non-hydrogen) atoms. The Morgan fingerprint density at radius 1 is 1.44 bits per heavy atom. The molecule has 0 radical (unpaired) electrons. The number of carbonyl (C=O) groups is 1. The van der Waals surface area contributed by atoms with Crippen LogP contribution in [0.4, 0.5) is 0 Å². The first-order valence-electron chi connectivity index (χ1n) is 5.51. The van der Waals surface area contributed by atoms with Gasteiger partial charge in [-0.2, -0.15) is 0 Å². The molecule has 0 spiro atoms. The molecule has 0 saturated carbocycles. The normalized spacial score (nSPS) is 12.4. The van der Waals surface area contributed by atoms with Crippen LogP contribution < -0.4 is 5.73 Å². The van der Waals surface area contributed by atoms with Gasteiger partial charge in [0.05, 0.1) is 0 Å². The molecule has 3 nitrogen and oxygen atoms in total. The van der Waals surface area contributed by atoms with Crippen LogP contribution >= 0.6 is 0 Å². The van der Waals surface area contributed by atoms with Crippen LogP contribution in [-0.4, -0.2) is 17.6 Å². The maximum atomic E-state index is 11.2. The molecule has 1 amide bonds. The second-order valence-electron chi connectivity index (χ2n) is 4.25. The van der Waals surface area contributed by atoms with Crippen LogP contribution in [-0.2, 0) is 11.2 Å². The zero-order chi connectivity index (χ0) is 12.1. The summed E-state index contributed by atoms with van der Waals surface area (Å²) in [6.45, 7) is 4.04. The standard InChI is InChI=1S/C13H19NO2/c1-9-3-4-10(2)12(7-9)8-11(5-6-15)13(14)16/h3-4,7,11,15H,5-6,8H2,1-2H3,(H2,14,16). The maximum Gasteiger partial charge on any atom is 0.220 e. The van der Waals surface area contributed by atoms with E-state index >= 15 is 0 Å². The lowest BCUT2D eigenvalue weighted by Gasteiger charge is -2.14. The van der Waals surface area contributed by atoms with Gasteiger partial charge in [0.2, 0.25) is 5.91 Å². The molecule has 1 aromatic rings. The van der Waals surface area contributed by atoms with Crippen LogP contribution in [0.15, 0.2) is 18.2 Å². The average molecular weight is 221 g/mol. The van der Waals surface area contributed by atoms with Crippen molar-refractivity contribution in [2.45, 2.75) is 26.7 Å². The summed E-state index contributed by atoms with van der Waals surface area (Å²) in [4.78, 5) is 11.2. The van der Waals surface area contributed by atoms with E-state index in [1.807, 2.05) is 26.0 Å². The smallest absolute Gasteiger partial charge is 0.220 e. The second-order valence-corrected chi connectivity index (χ2v) is 4.25. The highest BCUT2D eigenvalue weighted by Crippen LogP contribution is 2.17. The van der Waals surface area contributed by atoms with Crippen molar-refractivity contribution in [3.8, 4) is 0 Å². The Kier molecular flexibility index (Phi) is 4.50. The van der Waals surface area contributed by atoms with Gasteiger partial charge < -0.3 is 10.8 Å². The van der Waals surface area contributed by atoms with E-state index < -0.39 is 0 Å². The lowest BCUT2D eigenvalue weighted by molar-refractivity contribution is -0.122. The quantitative estimate of drug-likeness (QED) is 0.788. The average Bonchev–Trinajstić information content (AvgIpc) is 2.22. The van der Waals surface area contributed by atoms with Crippen molar-refractivity contribution in [3.63, 3.8) is 0 Å². The number of aliphatic hydroxyl groups is 1. The summed E-state index contributed by atoms with van der Waals surface area (Å²) in [5, 5.41) is 8.88. The van der Waals surface area contributed by atoms with Crippen LogP contribution in [0.1, 0.15) is 23.1 Å².